The van der Waals surface area contributed by atoms with Crippen LogP contribution in [-0.4, -0.2) is 57.7 Å². The molecule has 2 aromatic heterocycles. The Hall–Kier alpha value is -2.17. The van der Waals surface area contributed by atoms with Gasteiger partial charge in [0.25, 0.3) is 6.01 Å². The Labute approximate surface area is 180 Å². The smallest absolute Gasteiger partial charge is 0.296 e. The molecule has 11 heteroatoms. The van der Waals surface area contributed by atoms with Crippen LogP contribution in [0.5, 0.6) is 6.01 Å². The van der Waals surface area contributed by atoms with E-state index in [-0.39, 0.29) is 31.9 Å². The van der Waals surface area contributed by atoms with E-state index in [9.17, 15) is 9.50 Å². The first kappa shape index (κ1) is 19.8. The molecule has 8 nitrogen and oxygen atoms in total. The minimum Gasteiger partial charge on any atom is -0.456 e. The maximum absolute atomic E-state index is 14.0. The molecule has 5 rings (SSSR count). The highest BCUT2D eigenvalue weighted by Gasteiger charge is 2.48. The van der Waals surface area contributed by atoms with Gasteiger partial charge in [-0.3, -0.25) is 0 Å². The summed E-state index contributed by atoms with van der Waals surface area (Å²) in [6, 6.07) is 6.38. The number of halogens is 3. The van der Waals surface area contributed by atoms with E-state index in [1.807, 2.05) is 0 Å². The van der Waals surface area contributed by atoms with Gasteiger partial charge in [0.15, 0.2) is 11.8 Å². The normalized spacial score (nSPS) is 25.6. The number of rotatable bonds is 5. The molecule has 1 aromatic carbocycles. The fourth-order valence-corrected chi connectivity index (χ4v) is 4.09. The van der Waals surface area contributed by atoms with Crippen LogP contribution in [0.1, 0.15) is 5.56 Å². The average Bonchev–Trinajstić information content (AvgIpc) is 3.39. The second-order valence-corrected chi connectivity index (χ2v) is 7.92. The van der Waals surface area contributed by atoms with Crippen molar-refractivity contribution >= 4 is 40.2 Å². The summed E-state index contributed by atoms with van der Waals surface area (Å²) >= 11 is 12.4. The summed E-state index contributed by atoms with van der Waals surface area (Å²) in [6.07, 6.45) is -1.80. The van der Waals surface area contributed by atoms with Gasteiger partial charge in [0.05, 0.1) is 23.8 Å². The third-order valence-corrected chi connectivity index (χ3v) is 5.79. The number of hydrogen-bond donors (Lipinski definition) is 3. The second-order valence-electron chi connectivity index (χ2n) is 7.11. The van der Waals surface area contributed by atoms with Gasteiger partial charge < -0.3 is 29.6 Å². The summed E-state index contributed by atoms with van der Waals surface area (Å²) in [5.41, 5.74) is 1.27. The lowest BCUT2D eigenvalue weighted by molar-refractivity contribution is 0.00706. The molecular formula is C19H17Cl2FN4O4. The lowest BCUT2D eigenvalue weighted by atomic mass is 10.1. The van der Waals surface area contributed by atoms with Crippen molar-refractivity contribution in [3.05, 3.63) is 45.7 Å². The van der Waals surface area contributed by atoms with E-state index in [1.165, 1.54) is 6.07 Å². The van der Waals surface area contributed by atoms with Crippen molar-refractivity contribution in [3.8, 4) is 6.01 Å². The van der Waals surface area contributed by atoms with Crippen LogP contribution in [0.25, 0.3) is 11.2 Å². The SMILES string of the molecule is O[C@@H]1CO[C@H]2[C@@H]1OC[C@H]2Oc1nc2nc(NCc3c(F)cccc3Cl)c(Cl)cc2[nH]1. The number of fused-ring (bicyclic) bond motifs is 2. The predicted octanol–water partition coefficient (Wildman–Crippen LogP) is 2.92. The lowest BCUT2D eigenvalue weighted by Gasteiger charge is -2.15. The molecule has 0 aliphatic carbocycles. The number of nitrogens with zero attached hydrogens (tertiary/aromatic N) is 2. The van der Waals surface area contributed by atoms with Crippen molar-refractivity contribution in [2.75, 3.05) is 18.5 Å². The van der Waals surface area contributed by atoms with Crippen LogP contribution in [0, 0.1) is 5.82 Å². The standard InChI is InChI=1S/C19H17Cl2FN4O4/c20-9-2-1-3-11(22)8(9)5-23-17-10(21)4-12-18(25-17)26-19(24-12)30-14-7-29-15-13(27)6-28-16(14)15/h1-4,13-16,27H,5-7H2,(H2,23,24,25,26)/t13-,14-,15-,16-/m1/s1. The molecule has 0 unspecified atom stereocenters. The van der Waals surface area contributed by atoms with Crippen LogP contribution in [0.15, 0.2) is 24.3 Å². The zero-order chi connectivity index (χ0) is 20.8. The zero-order valence-electron chi connectivity index (χ0n) is 15.4. The van der Waals surface area contributed by atoms with E-state index in [0.29, 0.717) is 32.6 Å². The van der Waals surface area contributed by atoms with E-state index < -0.39 is 24.1 Å². The predicted molar refractivity (Wildman–Crippen MR) is 108 cm³/mol. The largest absolute Gasteiger partial charge is 0.456 e. The first-order valence-electron chi connectivity index (χ1n) is 9.30. The number of nitrogens with one attached hydrogen (secondary N) is 2. The summed E-state index contributed by atoms with van der Waals surface area (Å²) in [4.78, 5) is 11.7. The Morgan fingerprint density at radius 2 is 2.03 bits per heavy atom. The van der Waals surface area contributed by atoms with Gasteiger partial charge in [-0.2, -0.15) is 4.98 Å². The van der Waals surface area contributed by atoms with E-state index in [1.54, 1.807) is 18.2 Å². The quantitative estimate of drug-likeness (QED) is 0.544. The molecule has 0 bridgehead atoms. The number of H-pyrrole nitrogens is 1. The fourth-order valence-electron chi connectivity index (χ4n) is 3.64. The van der Waals surface area contributed by atoms with Gasteiger partial charge in [0.1, 0.15) is 29.9 Å². The van der Waals surface area contributed by atoms with Gasteiger partial charge >= 0.3 is 0 Å². The van der Waals surface area contributed by atoms with Gasteiger partial charge in [0, 0.05) is 17.1 Å². The number of aromatic amines is 1. The molecule has 0 spiro atoms. The fraction of sp³-hybridized carbons (Fsp3) is 0.368. The molecule has 2 aliphatic rings. The first-order valence-corrected chi connectivity index (χ1v) is 10.1. The lowest BCUT2D eigenvalue weighted by Crippen LogP contribution is -2.34. The van der Waals surface area contributed by atoms with Gasteiger partial charge in [0.2, 0.25) is 0 Å². The molecule has 30 heavy (non-hydrogen) atoms. The number of pyridine rings is 1. The Morgan fingerprint density at radius 1 is 1.20 bits per heavy atom. The Bertz CT molecular complexity index is 1080. The van der Waals surface area contributed by atoms with Crippen LogP contribution in [-0.2, 0) is 16.0 Å². The average molecular weight is 455 g/mol. The van der Waals surface area contributed by atoms with E-state index in [4.69, 9.17) is 37.4 Å². The van der Waals surface area contributed by atoms with Gasteiger partial charge in [-0.15, -0.1) is 0 Å². The van der Waals surface area contributed by atoms with Gasteiger partial charge in [-0.05, 0) is 18.2 Å². The summed E-state index contributed by atoms with van der Waals surface area (Å²) in [7, 11) is 0. The monoisotopic (exact) mass is 454 g/mol. The molecular weight excluding hydrogens is 438 g/mol. The third kappa shape index (κ3) is 3.57. The Kier molecular flexibility index (Phi) is 5.16. The maximum atomic E-state index is 14.0. The first-order chi connectivity index (χ1) is 14.5. The number of imidazole rings is 1. The van der Waals surface area contributed by atoms with Crippen molar-refractivity contribution in [2.24, 2.45) is 0 Å². The van der Waals surface area contributed by atoms with Crippen molar-refractivity contribution in [3.63, 3.8) is 0 Å². The number of hydrogen-bond acceptors (Lipinski definition) is 7. The van der Waals surface area contributed by atoms with Crippen LogP contribution in [0.3, 0.4) is 0 Å². The van der Waals surface area contributed by atoms with Crippen LogP contribution >= 0.6 is 23.2 Å². The molecule has 3 N–H and O–H groups in total. The molecule has 2 fully saturated rings. The van der Waals surface area contributed by atoms with E-state index in [0.717, 1.165) is 0 Å². The summed E-state index contributed by atoms with van der Waals surface area (Å²) in [5.74, 6) is -0.0768. The molecule has 158 valence electrons. The number of aliphatic hydroxyl groups excluding tert-OH is 1. The number of anilines is 1. The van der Waals surface area contributed by atoms with Crippen LogP contribution in [0.4, 0.5) is 10.2 Å². The molecule has 2 saturated heterocycles. The van der Waals surface area contributed by atoms with Gasteiger partial charge in [-0.25, -0.2) is 9.37 Å². The highest BCUT2D eigenvalue weighted by atomic mass is 35.5. The van der Waals surface area contributed by atoms with Gasteiger partial charge in [-0.1, -0.05) is 29.3 Å². The number of aliphatic hydroxyl groups is 1. The van der Waals surface area contributed by atoms with E-state index >= 15 is 0 Å². The molecule has 0 saturated carbocycles. The molecule has 3 aromatic rings. The number of benzene rings is 1. The third-order valence-electron chi connectivity index (χ3n) is 5.14. The second kappa shape index (κ2) is 7.82. The zero-order valence-corrected chi connectivity index (χ0v) is 17.0. The van der Waals surface area contributed by atoms with Crippen LogP contribution < -0.4 is 10.1 Å². The number of aromatic nitrogens is 3. The highest BCUT2D eigenvalue weighted by Crippen LogP contribution is 2.31. The van der Waals surface area contributed by atoms with Crippen molar-refractivity contribution < 1.29 is 23.7 Å². The summed E-state index contributed by atoms with van der Waals surface area (Å²) in [5, 5.41) is 13.5. The Morgan fingerprint density at radius 3 is 2.87 bits per heavy atom. The summed E-state index contributed by atoms with van der Waals surface area (Å²) < 4.78 is 30.9. The van der Waals surface area contributed by atoms with Crippen molar-refractivity contribution in [1.82, 2.24) is 15.0 Å². The summed E-state index contributed by atoms with van der Waals surface area (Å²) in [6.45, 7) is 0.612. The molecule has 0 amide bonds. The van der Waals surface area contributed by atoms with Crippen molar-refractivity contribution in [2.45, 2.75) is 31.0 Å². The molecule has 0 radical (unpaired) electrons. The molecule has 4 atom stereocenters. The minimum atomic E-state index is -0.656. The molecule has 4 heterocycles. The Balaban J connectivity index is 1.33. The van der Waals surface area contributed by atoms with Crippen molar-refractivity contribution in [1.29, 1.82) is 0 Å². The highest BCUT2D eigenvalue weighted by molar-refractivity contribution is 6.33. The maximum Gasteiger partial charge on any atom is 0.296 e. The topological polar surface area (TPSA) is 102 Å². The van der Waals surface area contributed by atoms with E-state index in [2.05, 4.69) is 20.3 Å². The minimum absolute atomic E-state index is 0.111. The van der Waals surface area contributed by atoms with Crippen LogP contribution in [0.2, 0.25) is 10.0 Å². The number of ether oxygens (including phenoxy) is 3. The molecule has 2 aliphatic heterocycles.